The van der Waals surface area contributed by atoms with Gasteiger partial charge in [0.15, 0.2) is 0 Å². The molecule has 0 spiro atoms. The Kier molecular flexibility index (Phi) is 4.10. The van der Waals surface area contributed by atoms with Gasteiger partial charge in [-0.15, -0.1) is 11.8 Å². The first-order valence-electron chi connectivity index (χ1n) is 9.11. The third-order valence-corrected chi connectivity index (χ3v) is 6.24. The van der Waals surface area contributed by atoms with Crippen molar-refractivity contribution in [2.45, 2.75) is 5.37 Å². The highest BCUT2D eigenvalue weighted by molar-refractivity contribution is 8.00. The summed E-state index contributed by atoms with van der Waals surface area (Å²) in [5.41, 5.74) is 4.91. The van der Waals surface area contributed by atoms with E-state index in [1.54, 1.807) is 23.9 Å². The molecule has 5 rings (SSSR count). The predicted molar refractivity (Wildman–Crippen MR) is 115 cm³/mol. The summed E-state index contributed by atoms with van der Waals surface area (Å²) in [5.74, 6) is 0.742. The van der Waals surface area contributed by atoms with Gasteiger partial charge in [-0.3, -0.25) is 9.69 Å². The van der Waals surface area contributed by atoms with Crippen LogP contribution in [0.15, 0.2) is 78.9 Å². The minimum atomic E-state index is -0.130. The molecule has 1 fully saturated rings. The number of nitrogens with zero attached hydrogens (tertiary/aromatic N) is 1. The molecule has 1 aromatic heterocycles. The first-order valence-corrected chi connectivity index (χ1v) is 10.2. The molecule has 3 aromatic carbocycles. The van der Waals surface area contributed by atoms with Gasteiger partial charge in [0.1, 0.15) is 11.1 Å². The van der Waals surface area contributed by atoms with Crippen molar-refractivity contribution in [3.8, 4) is 17.0 Å². The van der Waals surface area contributed by atoms with Gasteiger partial charge in [-0.2, -0.15) is 0 Å². The molecule has 28 heavy (non-hydrogen) atoms. The number of fused-ring (bicyclic) bond motifs is 1. The number of aromatic hydroxyl groups is 1. The molecule has 1 unspecified atom stereocenters. The number of carbonyl (C=O) groups is 1. The summed E-state index contributed by atoms with van der Waals surface area (Å²) >= 11 is 1.61. The zero-order valence-electron chi connectivity index (χ0n) is 15.0. The smallest absolute Gasteiger partial charge is 0.238 e. The average Bonchev–Trinajstić information content (AvgIpc) is 3.29. The van der Waals surface area contributed by atoms with Gasteiger partial charge in [-0.05, 0) is 23.8 Å². The number of phenolic OH excluding ortho intramolecular Hbond substituents is 1. The monoisotopic (exact) mass is 386 g/mol. The molecule has 0 aliphatic carbocycles. The van der Waals surface area contributed by atoms with Gasteiger partial charge in [0.05, 0.1) is 17.1 Å². The molecule has 1 aliphatic heterocycles. The van der Waals surface area contributed by atoms with Gasteiger partial charge < -0.3 is 10.1 Å². The van der Waals surface area contributed by atoms with Gasteiger partial charge in [0.25, 0.3) is 0 Å². The average molecular weight is 386 g/mol. The second kappa shape index (κ2) is 6.77. The van der Waals surface area contributed by atoms with Crippen molar-refractivity contribution in [1.82, 2.24) is 4.98 Å². The summed E-state index contributed by atoms with van der Waals surface area (Å²) < 4.78 is 0. The first kappa shape index (κ1) is 17.0. The number of para-hydroxylation sites is 1. The van der Waals surface area contributed by atoms with Gasteiger partial charge in [0, 0.05) is 16.5 Å². The summed E-state index contributed by atoms with van der Waals surface area (Å²) in [6.07, 6.45) is 0. The molecule has 1 saturated heterocycles. The third-order valence-electron chi connectivity index (χ3n) is 5.03. The lowest BCUT2D eigenvalue weighted by molar-refractivity contribution is -0.115. The van der Waals surface area contributed by atoms with E-state index in [9.17, 15) is 9.90 Å². The Bertz CT molecular complexity index is 1150. The number of hydrogen-bond donors (Lipinski definition) is 2. The van der Waals surface area contributed by atoms with Gasteiger partial charge >= 0.3 is 0 Å². The van der Waals surface area contributed by atoms with Crippen molar-refractivity contribution in [1.29, 1.82) is 0 Å². The molecule has 2 heterocycles. The molecule has 0 bridgehead atoms. The Labute approximate surface area is 166 Å². The molecule has 1 aliphatic rings. The van der Waals surface area contributed by atoms with Crippen molar-refractivity contribution in [3.63, 3.8) is 0 Å². The van der Waals surface area contributed by atoms with Crippen LogP contribution in [0.2, 0.25) is 0 Å². The lowest BCUT2D eigenvalue weighted by Crippen LogP contribution is -2.28. The summed E-state index contributed by atoms with van der Waals surface area (Å²) in [6, 6.07) is 25.3. The van der Waals surface area contributed by atoms with Crippen LogP contribution in [0.1, 0.15) is 10.9 Å². The van der Waals surface area contributed by atoms with E-state index in [2.05, 4.69) is 23.2 Å². The molecule has 4 nitrogen and oxygen atoms in total. The van der Waals surface area contributed by atoms with Crippen LogP contribution in [0.3, 0.4) is 0 Å². The van der Waals surface area contributed by atoms with E-state index < -0.39 is 0 Å². The topological polar surface area (TPSA) is 56.3 Å². The number of nitrogens with one attached hydrogen (secondary N) is 1. The van der Waals surface area contributed by atoms with Crippen molar-refractivity contribution in [3.05, 3.63) is 84.4 Å². The maximum absolute atomic E-state index is 13.0. The predicted octanol–water partition coefficient (Wildman–Crippen LogP) is 5.32. The summed E-state index contributed by atoms with van der Waals surface area (Å²) in [4.78, 5) is 18.4. The Morgan fingerprint density at radius 2 is 1.64 bits per heavy atom. The second-order valence-corrected chi connectivity index (χ2v) is 7.85. The maximum atomic E-state index is 13.0. The molecule has 1 atom stereocenters. The molecule has 2 N–H and O–H groups in total. The summed E-state index contributed by atoms with van der Waals surface area (Å²) in [7, 11) is 0. The van der Waals surface area contributed by atoms with E-state index >= 15 is 0 Å². The lowest BCUT2D eigenvalue weighted by atomic mass is 10.1. The van der Waals surface area contributed by atoms with Gasteiger partial charge in [0.2, 0.25) is 5.91 Å². The fraction of sp³-hybridized carbons (Fsp3) is 0.0870. The van der Waals surface area contributed by atoms with E-state index in [-0.39, 0.29) is 17.0 Å². The fourth-order valence-corrected chi connectivity index (χ4v) is 4.90. The van der Waals surface area contributed by atoms with E-state index in [1.165, 1.54) is 0 Å². The number of amides is 1. The highest BCUT2D eigenvalue weighted by Crippen LogP contribution is 2.48. The number of anilines is 1. The quantitative estimate of drug-likeness (QED) is 0.501. The van der Waals surface area contributed by atoms with Crippen LogP contribution in [0.4, 0.5) is 5.69 Å². The van der Waals surface area contributed by atoms with Gasteiger partial charge in [-0.1, -0.05) is 60.7 Å². The number of benzene rings is 3. The van der Waals surface area contributed by atoms with Crippen LogP contribution in [0, 0.1) is 0 Å². The third kappa shape index (κ3) is 2.75. The summed E-state index contributed by atoms with van der Waals surface area (Å²) in [6.45, 7) is 0. The normalized spacial score (nSPS) is 16.8. The maximum Gasteiger partial charge on any atom is 0.238 e. The van der Waals surface area contributed by atoms with Crippen molar-refractivity contribution >= 4 is 34.3 Å². The minimum Gasteiger partial charge on any atom is -0.508 e. The molecular formula is C23H18N2O2S. The molecule has 0 saturated carbocycles. The SMILES string of the molecule is O=C1CSC(c2ccc(O)cc2)N1c1c(-c2ccccc2)[nH]c2ccccc12. The van der Waals surface area contributed by atoms with E-state index in [0.717, 1.165) is 33.4 Å². The van der Waals surface area contributed by atoms with Crippen LogP contribution in [-0.2, 0) is 4.79 Å². The number of H-pyrrole nitrogens is 1. The van der Waals surface area contributed by atoms with Gasteiger partial charge in [-0.25, -0.2) is 0 Å². The number of carbonyl (C=O) groups excluding carboxylic acids is 1. The van der Waals surface area contributed by atoms with Crippen LogP contribution in [0.5, 0.6) is 5.75 Å². The summed E-state index contributed by atoms with van der Waals surface area (Å²) in [5, 5.41) is 10.5. The van der Waals surface area contributed by atoms with Crippen LogP contribution in [0.25, 0.3) is 22.2 Å². The molecule has 0 radical (unpaired) electrons. The lowest BCUT2D eigenvalue weighted by Gasteiger charge is -2.25. The molecular weight excluding hydrogens is 368 g/mol. The number of phenols is 1. The highest BCUT2D eigenvalue weighted by atomic mass is 32.2. The highest BCUT2D eigenvalue weighted by Gasteiger charge is 2.37. The Morgan fingerprint density at radius 3 is 2.43 bits per heavy atom. The van der Waals surface area contributed by atoms with Crippen LogP contribution < -0.4 is 4.90 Å². The Hall–Kier alpha value is -3.18. The van der Waals surface area contributed by atoms with Crippen molar-refractivity contribution < 1.29 is 9.90 Å². The van der Waals surface area contributed by atoms with E-state index in [0.29, 0.717) is 5.75 Å². The minimum absolute atomic E-state index is 0.0880. The fourth-order valence-electron chi connectivity index (χ4n) is 3.74. The van der Waals surface area contributed by atoms with Crippen LogP contribution >= 0.6 is 11.8 Å². The zero-order valence-corrected chi connectivity index (χ0v) is 15.8. The van der Waals surface area contributed by atoms with Crippen molar-refractivity contribution in [2.24, 2.45) is 0 Å². The number of hydrogen-bond acceptors (Lipinski definition) is 3. The van der Waals surface area contributed by atoms with E-state index in [4.69, 9.17) is 0 Å². The number of thioether (sulfide) groups is 1. The standard InChI is InChI=1S/C23H18N2O2S/c26-17-12-10-16(11-13-17)23-25(20(27)14-28-23)22-18-8-4-5-9-19(18)24-21(22)15-6-2-1-3-7-15/h1-13,23-24,26H,14H2. The zero-order chi connectivity index (χ0) is 19.1. The van der Waals surface area contributed by atoms with Crippen LogP contribution in [-0.4, -0.2) is 21.8 Å². The number of aromatic amines is 1. The molecule has 1 amide bonds. The molecule has 138 valence electrons. The van der Waals surface area contributed by atoms with E-state index in [1.807, 2.05) is 53.4 Å². The second-order valence-electron chi connectivity index (χ2n) is 6.78. The number of rotatable bonds is 3. The van der Waals surface area contributed by atoms with Crippen molar-refractivity contribution in [2.75, 3.05) is 10.7 Å². The Morgan fingerprint density at radius 1 is 0.929 bits per heavy atom. The Balaban J connectivity index is 1.72. The molecule has 5 heteroatoms. The largest absolute Gasteiger partial charge is 0.508 e. The molecule has 4 aromatic rings. The first-order chi connectivity index (χ1) is 13.7. The number of aromatic nitrogens is 1.